The van der Waals surface area contributed by atoms with Crippen molar-refractivity contribution in [3.05, 3.63) is 87.7 Å². The van der Waals surface area contributed by atoms with Gasteiger partial charge in [0.2, 0.25) is 0 Å². The van der Waals surface area contributed by atoms with E-state index in [1.165, 1.54) is 16.5 Å². The summed E-state index contributed by atoms with van der Waals surface area (Å²) in [5.74, 6) is -2.34. The molecule has 0 N–H and O–H groups in total. The molecule has 4 rings (SSSR count). The van der Waals surface area contributed by atoms with E-state index in [-0.39, 0.29) is 6.54 Å². The molecule has 1 aliphatic heterocycles. The van der Waals surface area contributed by atoms with Crippen LogP contribution >= 0.6 is 0 Å². The maximum absolute atomic E-state index is 14.1. The number of ether oxygens (including phenoxy) is 1. The van der Waals surface area contributed by atoms with Crippen LogP contribution in [0.1, 0.15) is 38.4 Å². The predicted molar refractivity (Wildman–Crippen MR) is 108 cm³/mol. The van der Waals surface area contributed by atoms with E-state index in [4.69, 9.17) is 4.74 Å². The summed E-state index contributed by atoms with van der Waals surface area (Å²) in [5, 5.41) is 4.54. The summed E-state index contributed by atoms with van der Waals surface area (Å²) in [6, 6.07) is 11.6. The van der Waals surface area contributed by atoms with Gasteiger partial charge >= 0.3 is 0 Å². The number of hydrogen-bond acceptors (Lipinski definition) is 3. The lowest BCUT2D eigenvalue weighted by Gasteiger charge is -2.28. The Balaban J connectivity index is 1.49. The largest absolute Gasteiger partial charge is 0.370 e. The van der Waals surface area contributed by atoms with E-state index in [2.05, 4.69) is 5.10 Å². The lowest BCUT2D eigenvalue weighted by Crippen LogP contribution is -2.37. The van der Waals surface area contributed by atoms with E-state index in [1.807, 2.05) is 38.2 Å². The Hall–Kier alpha value is -3.06. The molecule has 1 aromatic heterocycles. The number of aryl methyl sites for hydroxylation is 2. The van der Waals surface area contributed by atoms with Gasteiger partial charge in [0.05, 0.1) is 18.9 Å². The molecule has 0 fully saturated rings. The van der Waals surface area contributed by atoms with Crippen LogP contribution in [0.15, 0.2) is 42.5 Å². The molecule has 0 spiro atoms. The lowest BCUT2D eigenvalue weighted by molar-refractivity contribution is 0.0718. The third kappa shape index (κ3) is 3.98. The number of halogens is 2. The molecule has 30 heavy (non-hydrogen) atoms. The van der Waals surface area contributed by atoms with Gasteiger partial charge in [0.25, 0.3) is 5.91 Å². The number of rotatable bonds is 5. The van der Waals surface area contributed by atoms with Gasteiger partial charge in [0, 0.05) is 37.8 Å². The standard InChI is InChI=1S/C23H23F2N3O2/c1-15-6-8-16(9-7-15)13-30-14-20-17-12-28(11-10-21(17)27(2)26-20)23(29)22-18(24)4-3-5-19(22)25/h3-9H,10-14H2,1-2H3. The first-order valence-electron chi connectivity index (χ1n) is 9.84. The van der Waals surface area contributed by atoms with Crippen molar-refractivity contribution in [2.75, 3.05) is 6.54 Å². The van der Waals surface area contributed by atoms with Crippen LogP contribution in [0.2, 0.25) is 0 Å². The lowest BCUT2D eigenvalue weighted by atomic mass is 10.0. The second-order valence-corrected chi connectivity index (χ2v) is 7.55. The van der Waals surface area contributed by atoms with E-state index in [1.54, 1.807) is 4.68 Å². The Kier molecular flexibility index (Phi) is 5.63. The average Bonchev–Trinajstić information content (AvgIpc) is 3.04. The predicted octanol–water partition coefficient (Wildman–Crippen LogP) is 3.92. The molecule has 0 unspecified atom stereocenters. The van der Waals surface area contributed by atoms with Crippen LogP contribution in [0.3, 0.4) is 0 Å². The first-order valence-corrected chi connectivity index (χ1v) is 9.84. The number of aromatic nitrogens is 2. The molecule has 3 aromatic rings. The Morgan fingerprint density at radius 3 is 2.50 bits per heavy atom. The summed E-state index contributed by atoms with van der Waals surface area (Å²) >= 11 is 0. The van der Waals surface area contributed by atoms with Crippen molar-refractivity contribution >= 4 is 5.91 Å². The highest BCUT2D eigenvalue weighted by molar-refractivity contribution is 5.94. The van der Waals surface area contributed by atoms with Crippen LogP contribution in [0, 0.1) is 18.6 Å². The van der Waals surface area contributed by atoms with Crippen molar-refractivity contribution in [1.29, 1.82) is 0 Å². The number of carbonyl (C=O) groups excluding carboxylic acids is 1. The van der Waals surface area contributed by atoms with Crippen molar-refractivity contribution in [2.24, 2.45) is 7.05 Å². The summed E-state index contributed by atoms with van der Waals surface area (Å²) < 4.78 is 35.8. The topological polar surface area (TPSA) is 47.4 Å². The second-order valence-electron chi connectivity index (χ2n) is 7.55. The van der Waals surface area contributed by atoms with Crippen LogP contribution in [0.5, 0.6) is 0 Å². The maximum Gasteiger partial charge on any atom is 0.260 e. The molecule has 2 heterocycles. The average molecular weight is 411 g/mol. The molecule has 1 aliphatic rings. The smallest absolute Gasteiger partial charge is 0.260 e. The molecule has 5 nitrogen and oxygen atoms in total. The third-order valence-electron chi connectivity index (χ3n) is 5.42. The molecule has 0 saturated carbocycles. The Morgan fingerprint density at radius 2 is 1.80 bits per heavy atom. The van der Waals surface area contributed by atoms with E-state index < -0.39 is 23.1 Å². The normalized spacial score (nSPS) is 13.4. The Bertz CT molecular complexity index is 1060. The van der Waals surface area contributed by atoms with Crippen molar-refractivity contribution in [3.63, 3.8) is 0 Å². The molecule has 0 bridgehead atoms. The van der Waals surface area contributed by atoms with E-state index in [0.717, 1.165) is 34.6 Å². The van der Waals surface area contributed by atoms with E-state index >= 15 is 0 Å². The first-order chi connectivity index (χ1) is 14.4. The molecule has 0 aliphatic carbocycles. The second kappa shape index (κ2) is 8.36. The Morgan fingerprint density at radius 1 is 1.10 bits per heavy atom. The zero-order valence-corrected chi connectivity index (χ0v) is 17.0. The highest BCUT2D eigenvalue weighted by Gasteiger charge is 2.29. The zero-order chi connectivity index (χ0) is 21.3. The van der Waals surface area contributed by atoms with Crippen molar-refractivity contribution < 1.29 is 18.3 Å². The fourth-order valence-corrected chi connectivity index (χ4v) is 3.77. The van der Waals surface area contributed by atoms with Crippen LogP contribution in [0.25, 0.3) is 0 Å². The number of benzene rings is 2. The first kappa shape index (κ1) is 20.2. The molecule has 0 radical (unpaired) electrons. The number of amides is 1. The monoisotopic (exact) mass is 411 g/mol. The summed E-state index contributed by atoms with van der Waals surface area (Å²) in [4.78, 5) is 14.3. The van der Waals surface area contributed by atoms with Gasteiger partial charge in [-0.1, -0.05) is 35.9 Å². The molecule has 0 saturated heterocycles. The number of fused-ring (bicyclic) bond motifs is 1. The quantitative estimate of drug-likeness (QED) is 0.639. The maximum atomic E-state index is 14.1. The van der Waals surface area contributed by atoms with Gasteiger partial charge < -0.3 is 9.64 Å². The van der Waals surface area contributed by atoms with Gasteiger partial charge in [0.15, 0.2) is 0 Å². The number of carbonyl (C=O) groups is 1. The number of hydrogen-bond donors (Lipinski definition) is 0. The summed E-state index contributed by atoms with van der Waals surface area (Å²) in [6.07, 6.45) is 0.568. The minimum absolute atomic E-state index is 0.249. The van der Waals surface area contributed by atoms with Crippen LogP contribution in [-0.2, 0) is 38.0 Å². The Labute approximate surface area is 173 Å². The van der Waals surface area contributed by atoms with Crippen molar-refractivity contribution in [3.8, 4) is 0 Å². The fourth-order valence-electron chi connectivity index (χ4n) is 3.77. The SMILES string of the molecule is Cc1ccc(COCc2nn(C)c3c2CN(C(=O)c2c(F)cccc2F)CC3)cc1. The van der Waals surface area contributed by atoms with Gasteiger partial charge in [-0.25, -0.2) is 8.78 Å². The minimum Gasteiger partial charge on any atom is -0.370 e. The molecule has 156 valence electrons. The van der Waals surface area contributed by atoms with Crippen molar-refractivity contribution in [2.45, 2.75) is 33.1 Å². The van der Waals surface area contributed by atoms with Crippen LogP contribution < -0.4 is 0 Å². The highest BCUT2D eigenvalue weighted by atomic mass is 19.1. The molecule has 7 heteroatoms. The zero-order valence-electron chi connectivity index (χ0n) is 17.0. The van der Waals surface area contributed by atoms with Crippen LogP contribution in [-0.4, -0.2) is 27.1 Å². The summed E-state index contributed by atoms with van der Waals surface area (Å²) in [7, 11) is 1.86. The van der Waals surface area contributed by atoms with E-state index in [9.17, 15) is 13.6 Å². The summed E-state index contributed by atoms with van der Waals surface area (Å²) in [6.45, 7) is 3.41. The highest BCUT2D eigenvalue weighted by Crippen LogP contribution is 2.25. The van der Waals surface area contributed by atoms with Gasteiger partial charge in [0.1, 0.15) is 17.2 Å². The van der Waals surface area contributed by atoms with Gasteiger partial charge in [-0.2, -0.15) is 5.10 Å². The van der Waals surface area contributed by atoms with Crippen molar-refractivity contribution in [1.82, 2.24) is 14.7 Å². The molecular weight excluding hydrogens is 388 g/mol. The molecule has 1 amide bonds. The molecular formula is C23H23F2N3O2. The third-order valence-corrected chi connectivity index (χ3v) is 5.42. The van der Waals surface area contributed by atoms with Gasteiger partial charge in [-0.05, 0) is 24.6 Å². The minimum atomic E-state index is -0.848. The summed E-state index contributed by atoms with van der Waals surface area (Å²) in [5.41, 5.74) is 4.39. The van der Waals surface area contributed by atoms with E-state index in [0.29, 0.717) is 26.2 Å². The molecule has 2 aromatic carbocycles. The van der Waals surface area contributed by atoms with Gasteiger partial charge in [-0.3, -0.25) is 9.48 Å². The molecule has 0 atom stereocenters. The number of nitrogens with zero attached hydrogens (tertiary/aromatic N) is 3. The van der Waals surface area contributed by atoms with Crippen LogP contribution in [0.4, 0.5) is 8.78 Å². The fraction of sp³-hybridized carbons (Fsp3) is 0.304. The van der Waals surface area contributed by atoms with Gasteiger partial charge in [-0.15, -0.1) is 0 Å².